The molecule has 2 aromatic carbocycles. The first-order valence-electron chi connectivity index (χ1n) is 11.6. The summed E-state index contributed by atoms with van der Waals surface area (Å²) in [6.07, 6.45) is 3.46. The number of rotatable bonds is 5. The number of esters is 1. The summed E-state index contributed by atoms with van der Waals surface area (Å²) in [6.45, 7) is 11.5. The Labute approximate surface area is 191 Å². The van der Waals surface area contributed by atoms with E-state index in [9.17, 15) is 4.79 Å². The van der Waals surface area contributed by atoms with Gasteiger partial charge in [0, 0.05) is 11.7 Å². The number of nitrogens with zero attached hydrogens (tertiary/aromatic N) is 2. The van der Waals surface area contributed by atoms with Gasteiger partial charge in [0.05, 0.1) is 23.7 Å². The fraction of sp³-hybridized carbons (Fsp3) is 0.481. The van der Waals surface area contributed by atoms with Crippen molar-refractivity contribution in [3.8, 4) is 0 Å². The zero-order valence-electron chi connectivity index (χ0n) is 20.1. The number of hydrogen-bond donors (Lipinski definition) is 1. The number of nitrogens with one attached hydrogen (secondary N) is 1. The lowest BCUT2D eigenvalue weighted by Gasteiger charge is -2.40. The summed E-state index contributed by atoms with van der Waals surface area (Å²) in [4.78, 5) is 17.0. The summed E-state index contributed by atoms with van der Waals surface area (Å²) in [5.41, 5.74) is 4.99. The van der Waals surface area contributed by atoms with Crippen molar-refractivity contribution < 1.29 is 9.53 Å². The second-order valence-corrected chi connectivity index (χ2v) is 10.5. The summed E-state index contributed by atoms with van der Waals surface area (Å²) in [5, 5.41) is 3.57. The number of hydrogen-bond acceptors (Lipinski definition) is 4. The normalized spacial score (nSPS) is 20.5. The van der Waals surface area contributed by atoms with Gasteiger partial charge in [-0.2, -0.15) is 0 Å². The van der Waals surface area contributed by atoms with Crippen molar-refractivity contribution in [2.24, 2.45) is 11.3 Å². The van der Waals surface area contributed by atoms with E-state index >= 15 is 0 Å². The molecule has 4 rings (SSSR count). The number of anilines is 2. The van der Waals surface area contributed by atoms with Crippen molar-refractivity contribution in [1.82, 2.24) is 9.55 Å². The fourth-order valence-electron chi connectivity index (χ4n) is 5.37. The lowest BCUT2D eigenvalue weighted by atomic mass is 9.70. The maximum Gasteiger partial charge on any atom is 0.337 e. The minimum Gasteiger partial charge on any atom is -0.465 e. The number of ether oxygens (including phenoxy) is 1. The SMILES string of the molecule is COC(=O)c1ccc2c(c1)nc(Nc1ccc(C(C)C)cc1)n2C1CC(C)CC(C)(C)C1. The molecule has 1 fully saturated rings. The molecule has 1 N–H and O–H groups in total. The first-order valence-corrected chi connectivity index (χ1v) is 11.6. The average molecular weight is 434 g/mol. The Morgan fingerprint density at radius 1 is 1.16 bits per heavy atom. The minimum absolute atomic E-state index is 0.279. The highest BCUT2D eigenvalue weighted by Crippen LogP contribution is 2.46. The second-order valence-electron chi connectivity index (χ2n) is 10.5. The van der Waals surface area contributed by atoms with E-state index in [2.05, 4.69) is 68.8 Å². The molecule has 2 atom stereocenters. The molecule has 1 aliphatic carbocycles. The van der Waals surface area contributed by atoms with E-state index in [0.29, 0.717) is 23.4 Å². The van der Waals surface area contributed by atoms with Crippen LogP contribution in [0.25, 0.3) is 11.0 Å². The Hall–Kier alpha value is -2.82. The Morgan fingerprint density at radius 3 is 2.50 bits per heavy atom. The number of methoxy groups -OCH3 is 1. The van der Waals surface area contributed by atoms with Crippen molar-refractivity contribution in [3.05, 3.63) is 53.6 Å². The number of imidazole rings is 1. The molecule has 3 aromatic rings. The lowest BCUT2D eigenvalue weighted by Crippen LogP contribution is -2.29. The second kappa shape index (κ2) is 8.61. The van der Waals surface area contributed by atoms with Gasteiger partial charge < -0.3 is 14.6 Å². The van der Waals surface area contributed by atoms with Crippen LogP contribution in [0, 0.1) is 11.3 Å². The third-order valence-corrected chi connectivity index (χ3v) is 6.67. The Kier molecular flexibility index (Phi) is 6.02. The standard InChI is InChI=1S/C27H35N3O2/c1-17(2)19-7-10-21(11-8-19)28-26-29-23-14-20(25(31)32-6)9-12-24(23)30(26)22-13-18(3)15-27(4,5)16-22/h7-12,14,17-18,22H,13,15-16H2,1-6H3,(H,28,29). The molecule has 2 unspecified atom stereocenters. The van der Waals surface area contributed by atoms with Gasteiger partial charge in [0.1, 0.15) is 0 Å². The summed E-state index contributed by atoms with van der Waals surface area (Å²) in [7, 11) is 1.41. The predicted molar refractivity (Wildman–Crippen MR) is 131 cm³/mol. The van der Waals surface area contributed by atoms with E-state index in [1.54, 1.807) is 0 Å². The van der Waals surface area contributed by atoms with Crippen LogP contribution in [0.5, 0.6) is 0 Å². The molecule has 5 nitrogen and oxygen atoms in total. The molecule has 0 radical (unpaired) electrons. The van der Waals surface area contributed by atoms with Crippen molar-refractivity contribution >= 4 is 28.6 Å². The first-order chi connectivity index (χ1) is 15.2. The fourth-order valence-corrected chi connectivity index (χ4v) is 5.37. The highest BCUT2D eigenvalue weighted by atomic mass is 16.5. The monoisotopic (exact) mass is 433 g/mol. The van der Waals surface area contributed by atoms with E-state index in [0.717, 1.165) is 35.5 Å². The van der Waals surface area contributed by atoms with E-state index in [4.69, 9.17) is 9.72 Å². The van der Waals surface area contributed by atoms with Gasteiger partial charge in [0.2, 0.25) is 5.95 Å². The van der Waals surface area contributed by atoms with Crippen LogP contribution in [-0.4, -0.2) is 22.6 Å². The van der Waals surface area contributed by atoms with E-state index in [1.165, 1.54) is 19.1 Å². The van der Waals surface area contributed by atoms with Gasteiger partial charge in [-0.05, 0) is 72.4 Å². The third kappa shape index (κ3) is 4.52. The molecular weight excluding hydrogens is 398 g/mol. The van der Waals surface area contributed by atoms with Crippen LogP contribution < -0.4 is 5.32 Å². The van der Waals surface area contributed by atoms with Crippen molar-refractivity contribution in [3.63, 3.8) is 0 Å². The molecule has 170 valence electrons. The Bertz CT molecular complexity index is 1110. The van der Waals surface area contributed by atoms with Crippen molar-refractivity contribution in [1.29, 1.82) is 0 Å². The summed E-state index contributed by atoms with van der Waals surface area (Å²) in [6, 6.07) is 14.6. The maximum absolute atomic E-state index is 12.1. The molecule has 1 heterocycles. The van der Waals surface area contributed by atoms with Gasteiger partial charge in [-0.1, -0.05) is 46.8 Å². The molecule has 0 aliphatic heterocycles. The molecule has 1 aromatic heterocycles. The quantitative estimate of drug-likeness (QED) is 0.437. The van der Waals surface area contributed by atoms with Crippen LogP contribution in [0.1, 0.15) is 81.8 Å². The van der Waals surface area contributed by atoms with Crippen LogP contribution in [-0.2, 0) is 4.74 Å². The number of benzene rings is 2. The molecular formula is C27H35N3O2. The topological polar surface area (TPSA) is 56.1 Å². The molecule has 1 saturated carbocycles. The van der Waals surface area contributed by atoms with Gasteiger partial charge >= 0.3 is 5.97 Å². The minimum atomic E-state index is -0.340. The van der Waals surface area contributed by atoms with Gasteiger partial charge in [0.15, 0.2) is 0 Å². The lowest BCUT2D eigenvalue weighted by molar-refractivity contribution is 0.0601. The number of aromatic nitrogens is 2. The van der Waals surface area contributed by atoms with E-state index in [1.807, 2.05) is 18.2 Å². The highest BCUT2D eigenvalue weighted by Gasteiger charge is 2.34. The summed E-state index contributed by atoms with van der Waals surface area (Å²) in [5.74, 6) is 1.63. The molecule has 5 heteroatoms. The Balaban J connectivity index is 1.78. The van der Waals surface area contributed by atoms with Gasteiger partial charge in [-0.3, -0.25) is 0 Å². The first kappa shape index (κ1) is 22.4. The number of carbonyl (C=O) groups is 1. The largest absolute Gasteiger partial charge is 0.465 e. The zero-order valence-corrected chi connectivity index (χ0v) is 20.1. The predicted octanol–water partition coefficient (Wildman–Crippen LogP) is 7.08. The average Bonchev–Trinajstić information content (AvgIpc) is 3.09. The highest BCUT2D eigenvalue weighted by molar-refractivity contribution is 5.94. The molecule has 1 aliphatic rings. The van der Waals surface area contributed by atoms with Gasteiger partial charge in [-0.15, -0.1) is 0 Å². The summed E-state index contributed by atoms with van der Waals surface area (Å²) >= 11 is 0. The van der Waals surface area contributed by atoms with Crippen LogP contribution >= 0.6 is 0 Å². The molecule has 32 heavy (non-hydrogen) atoms. The van der Waals surface area contributed by atoms with E-state index < -0.39 is 0 Å². The van der Waals surface area contributed by atoms with Crippen molar-refractivity contribution in [2.45, 2.75) is 65.8 Å². The smallest absolute Gasteiger partial charge is 0.337 e. The molecule has 0 saturated heterocycles. The van der Waals surface area contributed by atoms with Gasteiger partial charge in [-0.25, -0.2) is 9.78 Å². The van der Waals surface area contributed by atoms with Crippen molar-refractivity contribution in [2.75, 3.05) is 12.4 Å². The molecule has 0 bridgehead atoms. The van der Waals surface area contributed by atoms with Crippen LogP contribution in [0.15, 0.2) is 42.5 Å². The third-order valence-electron chi connectivity index (χ3n) is 6.67. The van der Waals surface area contributed by atoms with Crippen LogP contribution in [0.2, 0.25) is 0 Å². The summed E-state index contributed by atoms with van der Waals surface area (Å²) < 4.78 is 7.27. The van der Waals surface area contributed by atoms with Crippen LogP contribution in [0.3, 0.4) is 0 Å². The van der Waals surface area contributed by atoms with Crippen LogP contribution in [0.4, 0.5) is 11.6 Å². The Morgan fingerprint density at radius 2 is 1.88 bits per heavy atom. The number of carbonyl (C=O) groups excluding carboxylic acids is 1. The molecule has 0 spiro atoms. The van der Waals surface area contributed by atoms with E-state index in [-0.39, 0.29) is 11.4 Å². The van der Waals surface area contributed by atoms with Gasteiger partial charge in [0.25, 0.3) is 0 Å². The zero-order chi connectivity index (χ0) is 23.0. The maximum atomic E-state index is 12.1. The molecule has 0 amide bonds. The number of fused-ring (bicyclic) bond motifs is 1.